The second kappa shape index (κ2) is 8.96. The molecule has 0 amide bonds. The molecule has 6 nitrogen and oxygen atoms in total. The maximum Gasteiger partial charge on any atom is 0.339 e. The van der Waals surface area contributed by atoms with Gasteiger partial charge in [0.15, 0.2) is 5.11 Å². The van der Waals surface area contributed by atoms with E-state index in [1.54, 1.807) is 0 Å². The van der Waals surface area contributed by atoms with Gasteiger partial charge >= 0.3 is 11.9 Å². The molecule has 0 radical (unpaired) electrons. The number of nitrogens with one attached hydrogen (secondary N) is 2. The van der Waals surface area contributed by atoms with Gasteiger partial charge in [0.1, 0.15) is 0 Å². The molecule has 2 rings (SSSR count). The molecule has 0 aliphatic heterocycles. The molecule has 0 aliphatic rings. The van der Waals surface area contributed by atoms with Crippen molar-refractivity contribution in [3.05, 3.63) is 59.2 Å². The molecular formula is C19H20N2O4S. The van der Waals surface area contributed by atoms with E-state index < -0.39 is 11.9 Å². The van der Waals surface area contributed by atoms with E-state index in [1.807, 2.05) is 24.3 Å². The molecule has 0 unspecified atom stereocenters. The standard InChI is InChI=1S/C19H20N2O4S/c1-4-12-5-8-14(9-6-12)20-19(26)21-16-11-13(17(22)24-2)7-10-15(16)18(23)25-3/h5-11H,4H2,1-3H3,(H2,20,21,26). The summed E-state index contributed by atoms with van der Waals surface area (Å²) < 4.78 is 9.48. The summed E-state index contributed by atoms with van der Waals surface area (Å²) in [5.41, 5.74) is 2.92. The molecule has 0 saturated heterocycles. The van der Waals surface area contributed by atoms with Gasteiger partial charge in [0.05, 0.1) is 31.0 Å². The van der Waals surface area contributed by atoms with E-state index in [0.29, 0.717) is 5.69 Å². The summed E-state index contributed by atoms with van der Waals surface area (Å²) in [5.74, 6) is -1.06. The average molecular weight is 372 g/mol. The first-order valence-electron chi connectivity index (χ1n) is 7.96. The molecule has 0 fully saturated rings. The Bertz CT molecular complexity index is 819. The Kier molecular flexibility index (Phi) is 6.68. The summed E-state index contributed by atoms with van der Waals surface area (Å²) in [7, 11) is 2.57. The molecule has 2 aromatic carbocycles. The van der Waals surface area contributed by atoms with Crippen LogP contribution in [0.15, 0.2) is 42.5 Å². The summed E-state index contributed by atoms with van der Waals surface area (Å²) in [6.07, 6.45) is 0.950. The lowest BCUT2D eigenvalue weighted by atomic mass is 10.1. The van der Waals surface area contributed by atoms with Crippen LogP contribution < -0.4 is 10.6 Å². The Morgan fingerprint density at radius 3 is 2.19 bits per heavy atom. The highest BCUT2D eigenvalue weighted by molar-refractivity contribution is 7.80. The molecule has 0 bridgehead atoms. The number of benzene rings is 2. The minimum absolute atomic E-state index is 0.255. The van der Waals surface area contributed by atoms with Crippen molar-refractivity contribution >= 4 is 40.6 Å². The third-order valence-corrected chi connectivity index (χ3v) is 3.92. The molecule has 136 valence electrons. The van der Waals surface area contributed by atoms with Gasteiger partial charge in [-0.3, -0.25) is 0 Å². The third kappa shape index (κ3) is 4.80. The smallest absolute Gasteiger partial charge is 0.339 e. The van der Waals surface area contributed by atoms with Crippen molar-refractivity contribution in [1.29, 1.82) is 0 Å². The fraction of sp³-hybridized carbons (Fsp3) is 0.211. The molecular weight excluding hydrogens is 352 g/mol. The van der Waals surface area contributed by atoms with E-state index in [9.17, 15) is 9.59 Å². The number of hydrogen-bond donors (Lipinski definition) is 2. The van der Waals surface area contributed by atoms with Crippen LogP contribution in [0.2, 0.25) is 0 Å². The predicted molar refractivity (Wildman–Crippen MR) is 105 cm³/mol. The van der Waals surface area contributed by atoms with Crippen molar-refractivity contribution in [2.24, 2.45) is 0 Å². The van der Waals surface area contributed by atoms with Crippen LogP contribution in [0.5, 0.6) is 0 Å². The fourth-order valence-corrected chi connectivity index (χ4v) is 2.52. The largest absolute Gasteiger partial charge is 0.465 e. The minimum atomic E-state index is -0.543. The van der Waals surface area contributed by atoms with Gasteiger partial charge in [-0.25, -0.2) is 9.59 Å². The second-order valence-corrected chi connectivity index (χ2v) is 5.78. The lowest BCUT2D eigenvalue weighted by molar-refractivity contribution is 0.0587. The highest BCUT2D eigenvalue weighted by Crippen LogP contribution is 2.20. The van der Waals surface area contributed by atoms with Gasteiger partial charge in [-0.2, -0.15) is 0 Å². The van der Waals surface area contributed by atoms with E-state index in [2.05, 4.69) is 17.6 Å². The number of aryl methyl sites for hydroxylation is 1. The van der Waals surface area contributed by atoms with Crippen LogP contribution in [0.3, 0.4) is 0 Å². The zero-order valence-electron chi connectivity index (χ0n) is 14.8. The van der Waals surface area contributed by atoms with Gasteiger partial charge in [-0.15, -0.1) is 0 Å². The van der Waals surface area contributed by atoms with Gasteiger partial charge < -0.3 is 20.1 Å². The predicted octanol–water partition coefficient (Wildman–Crippen LogP) is 3.63. The Morgan fingerprint density at radius 1 is 0.962 bits per heavy atom. The van der Waals surface area contributed by atoms with Gasteiger partial charge in [-0.1, -0.05) is 19.1 Å². The normalized spacial score (nSPS) is 9.96. The van der Waals surface area contributed by atoms with E-state index >= 15 is 0 Å². The van der Waals surface area contributed by atoms with E-state index in [-0.39, 0.29) is 16.2 Å². The molecule has 0 atom stereocenters. The van der Waals surface area contributed by atoms with Gasteiger partial charge in [-0.05, 0) is 54.5 Å². The molecule has 0 heterocycles. The SMILES string of the molecule is CCc1ccc(NC(=S)Nc2cc(C(=O)OC)ccc2C(=O)OC)cc1. The number of carbonyl (C=O) groups excluding carboxylic acids is 2. The number of hydrogen-bond acceptors (Lipinski definition) is 5. The first kappa shape index (κ1) is 19.4. The van der Waals surface area contributed by atoms with Crippen LogP contribution in [0.4, 0.5) is 11.4 Å². The summed E-state index contributed by atoms with van der Waals surface area (Å²) >= 11 is 5.31. The number of carbonyl (C=O) groups is 2. The first-order chi connectivity index (χ1) is 12.5. The zero-order valence-corrected chi connectivity index (χ0v) is 15.6. The Morgan fingerprint density at radius 2 is 1.62 bits per heavy atom. The summed E-state index contributed by atoms with van der Waals surface area (Å²) in [6, 6.07) is 12.3. The van der Waals surface area contributed by atoms with E-state index in [4.69, 9.17) is 21.7 Å². The molecule has 7 heteroatoms. The molecule has 0 aliphatic carbocycles. The Labute approximate surface area is 157 Å². The lowest BCUT2D eigenvalue weighted by Crippen LogP contribution is -2.21. The number of anilines is 2. The topological polar surface area (TPSA) is 76.7 Å². The van der Waals surface area contributed by atoms with Crippen LogP contribution in [0, 0.1) is 0 Å². The number of ether oxygens (including phenoxy) is 2. The van der Waals surface area contributed by atoms with Crippen LogP contribution in [-0.2, 0) is 15.9 Å². The highest BCUT2D eigenvalue weighted by atomic mass is 32.1. The van der Waals surface area contributed by atoms with Crippen molar-refractivity contribution < 1.29 is 19.1 Å². The quantitative estimate of drug-likeness (QED) is 0.613. The molecule has 26 heavy (non-hydrogen) atoms. The van der Waals surface area contributed by atoms with Gasteiger partial charge in [0.2, 0.25) is 0 Å². The number of esters is 2. The van der Waals surface area contributed by atoms with Crippen molar-refractivity contribution in [1.82, 2.24) is 0 Å². The van der Waals surface area contributed by atoms with Crippen molar-refractivity contribution in [3.63, 3.8) is 0 Å². The van der Waals surface area contributed by atoms with E-state index in [0.717, 1.165) is 12.1 Å². The van der Waals surface area contributed by atoms with Gasteiger partial charge in [0, 0.05) is 5.69 Å². The average Bonchev–Trinajstić information content (AvgIpc) is 2.67. The number of rotatable bonds is 5. The monoisotopic (exact) mass is 372 g/mol. The maximum absolute atomic E-state index is 12.0. The fourth-order valence-electron chi connectivity index (χ4n) is 2.29. The van der Waals surface area contributed by atoms with E-state index in [1.165, 1.54) is 38.0 Å². The molecule has 2 N–H and O–H groups in total. The lowest BCUT2D eigenvalue weighted by Gasteiger charge is -2.14. The van der Waals surface area contributed by atoms with Crippen LogP contribution in [-0.4, -0.2) is 31.3 Å². The number of methoxy groups -OCH3 is 2. The molecule has 2 aromatic rings. The highest BCUT2D eigenvalue weighted by Gasteiger charge is 2.16. The number of thiocarbonyl (C=S) groups is 1. The molecule has 0 spiro atoms. The van der Waals surface area contributed by atoms with Crippen molar-refractivity contribution in [3.8, 4) is 0 Å². The van der Waals surface area contributed by atoms with Crippen molar-refractivity contribution in [2.45, 2.75) is 13.3 Å². The summed E-state index contributed by atoms with van der Waals surface area (Å²) in [4.78, 5) is 23.7. The van der Waals surface area contributed by atoms with Crippen LogP contribution in [0.1, 0.15) is 33.2 Å². The molecule has 0 saturated carbocycles. The van der Waals surface area contributed by atoms with Gasteiger partial charge in [0.25, 0.3) is 0 Å². The van der Waals surface area contributed by atoms with Crippen LogP contribution >= 0.6 is 12.2 Å². The maximum atomic E-state index is 12.0. The summed E-state index contributed by atoms with van der Waals surface area (Å²) in [6.45, 7) is 2.08. The second-order valence-electron chi connectivity index (χ2n) is 5.37. The zero-order chi connectivity index (χ0) is 19.1. The molecule has 0 aromatic heterocycles. The third-order valence-electron chi connectivity index (χ3n) is 3.71. The van der Waals surface area contributed by atoms with Crippen molar-refractivity contribution in [2.75, 3.05) is 24.9 Å². The Balaban J connectivity index is 2.22. The van der Waals surface area contributed by atoms with Crippen LogP contribution in [0.25, 0.3) is 0 Å². The Hall–Kier alpha value is -2.93. The summed E-state index contributed by atoms with van der Waals surface area (Å²) in [5, 5.41) is 6.25. The minimum Gasteiger partial charge on any atom is -0.465 e. The first-order valence-corrected chi connectivity index (χ1v) is 8.37.